The van der Waals surface area contributed by atoms with Crippen LogP contribution in [0.5, 0.6) is 0 Å². The third-order valence-corrected chi connectivity index (χ3v) is 5.54. The van der Waals surface area contributed by atoms with Gasteiger partial charge in [0.1, 0.15) is 6.61 Å². The number of rotatable bonds is 7. The molecule has 1 unspecified atom stereocenters. The second kappa shape index (κ2) is 15.0. The molecule has 3 N–H and O–H groups in total. The number of benzene rings is 1. The van der Waals surface area contributed by atoms with E-state index in [0.717, 1.165) is 9.78 Å². The van der Waals surface area contributed by atoms with E-state index in [9.17, 15) is 24.6 Å². The number of anilines is 2. The maximum atomic E-state index is 12.1. The van der Waals surface area contributed by atoms with Gasteiger partial charge in [-0.25, -0.2) is 4.79 Å². The standard InChI is InChI=1S/C20H23N3O6S.2C2H6/c1-13-2-7-17(30-13)19(26)21-10-16(24)11-23(20(27)28)15-5-3-14(4-6-15)22-8-9-29-12-18(22)25;2*1-2/h2-7,16,24H,8-12H2,1H3,(H,21,26)(H,27,28);2*1-2H3. The molecule has 0 aliphatic carbocycles. The number of carboxylic acid groups (broad SMARTS) is 1. The predicted octanol–water partition coefficient (Wildman–Crippen LogP) is 3.75. The van der Waals surface area contributed by atoms with Crippen LogP contribution in [-0.4, -0.2) is 67.1 Å². The molecule has 1 atom stereocenters. The number of hydrogen-bond acceptors (Lipinski definition) is 6. The fourth-order valence-electron chi connectivity index (χ4n) is 3.03. The molecule has 1 aliphatic heterocycles. The van der Waals surface area contributed by atoms with Gasteiger partial charge in [-0.2, -0.15) is 0 Å². The Morgan fingerprint density at radius 1 is 1.15 bits per heavy atom. The molecule has 0 saturated carbocycles. The molecule has 0 bridgehead atoms. The average molecular weight is 494 g/mol. The molecule has 1 saturated heterocycles. The number of morpholine rings is 1. The minimum atomic E-state index is -1.23. The number of thiophene rings is 1. The second-order valence-corrected chi connectivity index (χ2v) is 8.07. The SMILES string of the molecule is CC.CC.Cc1ccc(C(=O)NCC(O)CN(C(=O)O)c2ccc(N3CCOCC3=O)cc2)s1. The molecule has 2 heterocycles. The number of aliphatic hydroxyl groups is 1. The largest absolute Gasteiger partial charge is 0.465 e. The third-order valence-electron chi connectivity index (χ3n) is 4.55. The van der Waals surface area contributed by atoms with Crippen molar-refractivity contribution in [3.63, 3.8) is 0 Å². The number of amides is 3. The van der Waals surface area contributed by atoms with Gasteiger partial charge in [0.2, 0.25) is 0 Å². The van der Waals surface area contributed by atoms with Crippen LogP contribution in [0.1, 0.15) is 42.2 Å². The Morgan fingerprint density at radius 3 is 2.32 bits per heavy atom. The minimum absolute atomic E-state index is 0.0198. The number of nitrogens with one attached hydrogen (secondary N) is 1. The van der Waals surface area contributed by atoms with Crippen molar-refractivity contribution in [3.05, 3.63) is 46.2 Å². The molecule has 0 radical (unpaired) electrons. The lowest BCUT2D eigenvalue weighted by Crippen LogP contribution is -2.42. The highest BCUT2D eigenvalue weighted by molar-refractivity contribution is 7.13. The van der Waals surface area contributed by atoms with E-state index in [4.69, 9.17) is 4.74 Å². The molecule has 1 aromatic carbocycles. The molecule has 188 valence electrons. The molecular formula is C24H35N3O6S. The van der Waals surface area contributed by atoms with E-state index < -0.39 is 12.2 Å². The number of hydrogen-bond donors (Lipinski definition) is 3. The Balaban J connectivity index is 0.00000137. The average Bonchev–Trinajstić information content (AvgIpc) is 3.30. The van der Waals surface area contributed by atoms with Crippen molar-refractivity contribution in [3.8, 4) is 0 Å². The van der Waals surface area contributed by atoms with Gasteiger partial charge in [-0.1, -0.05) is 27.7 Å². The van der Waals surface area contributed by atoms with Crippen molar-refractivity contribution >= 4 is 40.6 Å². The van der Waals surface area contributed by atoms with Gasteiger partial charge in [-0.05, 0) is 43.3 Å². The van der Waals surface area contributed by atoms with E-state index in [0.29, 0.717) is 29.4 Å². The highest BCUT2D eigenvalue weighted by Crippen LogP contribution is 2.22. The van der Waals surface area contributed by atoms with Crippen LogP contribution < -0.4 is 15.1 Å². The fraction of sp³-hybridized carbons (Fsp3) is 0.458. The summed E-state index contributed by atoms with van der Waals surface area (Å²) in [6.07, 6.45) is -2.32. The quantitative estimate of drug-likeness (QED) is 0.541. The molecule has 3 amide bonds. The van der Waals surface area contributed by atoms with E-state index in [1.165, 1.54) is 11.3 Å². The first kappa shape index (κ1) is 29.1. The number of nitrogens with zero attached hydrogens (tertiary/aromatic N) is 2. The number of ether oxygens (including phenoxy) is 1. The van der Waals surface area contributed by atoms with Gasteiger partial charge in [0.25, 0.3) is 11.8 Å². The van der Waals surface area contributed by atoms with Crippen molar-refractivity contribution in [1.29, 1.82) is 0 Å². The topological polar surface area (TPSA) is 119 Å². The minimum Gasteiger partial charge on any atom is -0.465 e. The van der Waals surface area contributed by atoms with Crippen LogP contribution in [0.2, 0.25) is 0 Å². The first-order valence-electron chi connectivity index (χ1n) is 11.4. The number of aryl methyl sites for hydroxylation is 1. The van der Waals surface area contributed by atoms with Crippen LogP contribution in [0.15, 0.2) is 36.4 Å². The Morgan fingerprint density at radius 2 is 1.79 bits per heavy atom. The summed E-state index contributed by atoms with van der Waals surface area (Å²) in [4.78, 5) is 39.8. The highest BCUT2D eigenvalue weighted by atomic mass is 32.1. The van der Waals surface area contributed by atoms with E-state index in [1.807, 2.05) is 40.7 Å². The first-order chi connectivity index (χ1) is 16.3. The summed E-state index contributed by atoms with van der Waals surface area (Å²) < 4.78 is 5.11. The van der Waals surface area contributed by atoms with Crippen LogP contribution >= 0.6 is 11.3 Å². The summed E-state index contributed by atoms with van der Waals surface area (Å²) in [5.41, 5.74) is 1.00. The Hall–Kier alpha value is -2.95. The van der Waals surface area contributed by atoms with Crippen molar-refractivity contribution in [1.82, 2.24) is 5.32 Å². The van der Waals surface area contributed by atoms with E-state index in [2.05, 4.69) is 5.32 Å². The summed E-state index contributed by atoms with van der Waals surface area (Å²) >= 11 is 1.34. The zero-order valence-corrected chi connectivity index (χ0v) is 21.2. The maximum absolute atomic E-state index is 12.1. The lowest BCUT2D eigenvalue weighted by atomic mass is 10.2. The predicted molar refractivity (Wildman–Crippen MR) is 135 cm³/mol. The van der Waals surface area contributed by atoms with Gasteiger partial charge >= 0.3 is 6.09 Å². The van der Waals surface area contributed by atoms with Crippen molar-refractivity contribution < 1.29 is 29.3 Å². The summed E-state index contributed by atoms with van der Waals surface area (Å²) in [6.45, 7) is 10.5. The number of carbonyl (C=O) groups is 3. The summed E-state index contributed by atoms with van der Waals surface area (Å²) in [5, 5.41) is 22.4. The molecule has 34 heavy (non-hydrogen) atoms. The fourth-order valence-corrected chi connectivity index (χ4v) is 3.81. The van der Waals surface area contributed by atoms with Crippen molar-refractivity contribution in [2.24, 2.45) is 0 Å². The smallest absolute Gasteiger partial charge is 0.411 e. The Bertz CT molecular complexity index is 916. The molecule has 3 rings (SSSR count). The van der Waals surface area contributed by atoms with Gasteiger partial charge in [-0.3, -0.25) is 14.5 Å². The lowest BCUT2D eigenvalue weighted by molar-refractivity contribution is -0.125. The van der Waals surface area contributed by atoms with E-state index in [-0.39, 0.29) is 31.5 Å². The molecule has 0 spiro atoms. The first-order valence-corrected chi connectivity index (χ1v) is 12.2. The Kier molecular flexibility index (Phi) is 12.9. The summed E-state index contributed by atoms with van der Waals surface area (Å²) in [6, 6.07) is 9.99. The van der Waals surface area contributed by atoms with Crippen LogP contribution in [0.3, 0.4) is 0 Å². The van der Waals surface area contributed by atoms with Gasteiger partial charge < -0.3 is 25.2 Å². The number of aliphatic hydroxyl groups excluding tert-OH is 1. The lowest BCUT2D eigenvalue weighted by Gasteiger charge is -2.28. The number of carbonyl (C=O) groups excluding carboxylic acids is 2. The molecule has 1 aliphatic rings. The zero-order chi connectivity index (χ0) is 25.7. The van der Waals surface area contributed by atoms with Crippen LogP contribution in [0.4, 0.5) is 16.2 Å². The third kappa shape index (κ3) is 8.44. The van der Waals surface area contributed by atoms with Crippen LogP contribution in [0.25, 0.3) is 0 Å². The van der Waals surface area contributed by atoms with E-state index in [1.54, 1.807) is 35.2 Å². The molecule has 10 heteroatoms. The summed E-state index contributed by atoms with van der Waals surface area (Å²) in [5.74, 6) is -0.468. The van der Waals surface area contributed by atoms with Crippen LogP contribution in [-0.2, 0) is 9.53 Å². The Labute approximate surface area is 204 Å². The normalized spacial score (nSPS) is 13.6. The molecule has 2 aromatic rings. The van der Waals surface area contributed by atoms with Crippen molar-refractivity contribution in [2.45, 2.75) is 40.7 Å². The summed E-state index contributed by atoms with van der Waals surface area (Å²) in [7, 11) is 0. The van der Waals surface area contributed by atoms with Crippen LogP contribution in [0, 0.1) is 6.92 Å². The van der Waals surface area contributed by atoms with Gasteiger partial charge in [-0.15, -0.1) is 11.3 Å². The zero-order valence-electron chi connectivity index (χ0n) is 20.4. The maximum Gasteiger partial charge on any atom is 0.411 e. The molecule has 1 aromatic heterocycles. The van der Waals surface area contributed by atoms with Gasteiger partial charge in [0.15, 0.2) is 0 Å². The van der Waals surface area contributed by atoms with E-state index >= 15 is 0 Å². The van der Waals surface area contributed by atoms with Gasteiger partial charge in [0, 0.05) is 29.3 Å². The highest BCUT2D eigenvalue weighted by Gasteiger charge is 2.22. The molecular weight excluding hydrogens is 458 g/mol. The van der Waals surface area contributed by atoms with Crippen molar-refractivity contribution in [2.75, 3.05) is 42.6 Å². The molecule has 1 fully saturated rings. The van der Waals surface area contributed by atoms with Gasteiger partial charge in [0.05, 0.1) is 24.1 Å². The second-order valence-electron chi connectivity index (χ2n) is 6.78. The molecule has 9 nitrogen and oxygen atoms in total. The monoisotopic (exact) mass is 493 g/mol.